The summed E-state index contributed by atoms with van der Waals surface area (Å²) < 4.78 is 30.4. The first-order chi connectivity index (χ1) is 11.1. The largest absolute Gasteiger partial charge is 0.385 e. The molecule has 0 saturated heterocycles. The van der Waals surface area contributed by atoms with Gasteiger partial charge in [-0.05, 0) is 34.2 Å². The average Bonchev–Trinajstić information content (AvgIpc) is 2.42. The van der Waals surface area contributed by atoms with Crippen molar-refractivity contribution in [3.63, 3.8) is 0 Å². The lowest BCUT2D eigenvalue weighted by Crippen LogP contribution is -2.47. The van der Waals surface area contributed by atoms with E-state index in [-0.39, 0.29) is 0 Å². The van der Waals surface area contributed by atoms with Gasteiger partial charge >= 0.3 is 0 Å². The number of nitrogens with zero attached hydrogens (tertiary/aromatic N) is 2. The van der Waals surface area contributed by atoms with Crippen LogP contribution in [0.2, 0.25) is 0 Å². The molecule has 0 rings (SSSR count). The number of guanidine groups is 1. The van der Waals surface area contributed by atoms with Crippen LogP contribution in [0.5, 0.6) is 0 Å². The van der Waals surface area contributed by atoms with E-state index in [4.69, 9.17) is 4.74 Å². The fourth-order valence-corrected chi connectivity index (χ4v) is 3.18. The predicted octanol–water partition coefficient (Wildman–Crippen LogP) is -0.162. The number of hydrogen-bond donors (Lipinski definition) is 3. The van der Waals surface area contributed by atoms with Crippen molar-refractivity contribution >= 4 is 16.0 Å². The Morgan fingerprint density at radius 3 is 2.46 bits per heavy atom. The van der Waals surface area contributed by atoms with E-state index in [1.165, 1.54) is 0 Å². The zero-order chi connectivity index (χ0) is 18.6. The van der Waals surface area contributed by atoms with Crippen LogP contribution in [0.1, 0.15) is 27.2 Å². The molecule has 0 bridgehead atoms. The lowest BCUT2D eigenvalue weighted by Gasteiger charge is -2.24. The third kappa shape index (κ3) is 13.5. The molecule has 0 aromatic heterocycles. The van der Waals surface area contributed by atoms with Crippen LogP contribution in [0.3, 0.4) is 0 Å². The normalized spacial score (nSPS) is 13.4. The number of methoxy groups -OCH3 is 1. The number of nitrogens with one attached hydrogen (secondary N) is 3. The molecule has 0 spiro atoms. The Morgan fingerprint density at radius 1 is 1.25 bits per heavy atom. The van der Waals surface area contributed by atoms with E-state index in [0.717, 1.165) is 45.5 Å². The van der Waals surface area contributed by atoms with Gasteiger partial charge in [-0.1, -0.05) is 0 Å². The third-order valence-corrected chi connectivity index (χ3v) is 4.04. The van der Waals surface area contributed by atoms with Crippen molar-refractivity contribution in [2.75, 3.05) is 59.7 Å². The molecule has 9 heteroatoms. The molecule has 0 atom stereocenters. The minimum absolute atomic E-state index is 0.346. The molecule has 3 N–H and O–H groups in total. The molecule has 0 saturated carbocycles. The fraction of sp³-hybridized carbons (Fsp3) is 0.933. The van der Waals surface area contributed by atoms with Crippen LogP contribution in [0.25, 0.3) is 0 Å². The Balaban J connectivity index is 4.37. The van der Waals surface area contributed by atoms with Crippen LogP contribution >= 0.6 is 0 Å². The predicted molar refractivity (Wildman–Crippen MR) is 100 cm³/mol. The maximum absolute atomic E-state index is 11.4. The van der Waals surface area contributed by atoms with Gasteiger partial charge in [0, 0.05) is 45.4 Å². The van der Waals surface area contributed by atoms with Crippen LogP contribution in [-0.4, -0.2) is 84.6 Å². The van der Waals surface area contributed by atoms with Gasteiger partial charge in [0.1, 0.15) is 0 Å². The number of likely N-dealkylation sites (N-methyl/N-ethyl adjacent to an activating group) is 1. The zero-order valence-electron chi connectivity index (χ0n) is 16.0. The summed E-state index contributed by atoms with van der Waals surface area (Å²) in [6, 6.07) is 0. The molecule has 0 aromatic rings. The second-order valence-corrected chi connectivity index (χ2v) is 8.28. The molecule has 0 amide bonds. The second-order valence-electron chi connectivity index (χ2n) is 6.53. The smallest absolute Gasteiger partial charge is 0.209 e. The quantitative estimate of drug-likeness (QED) is 0.253. The molecule has 24 heavy (non-hydrogen) atoms. The van der Waals surface area contributed by atoms with Gasteiger partial charge in [-0.3, -0.25) is 4.99 Å². The summed E-state index contributed by atoms with van der Waals surface area (Å²) in [7, 11) is 0.521. The SMILES string of the molecule is CCNC(=NCC(C)(C)NS(C)(=O)=O)NCCN(C)CCCOC. The minimum atomic E-state index is -3.26. The summed E-state index contributed by atoms with van der Waals surface area (Å²) in [5, 5.41) is 6.43. The summed E-state index contributed by atoms with van der Waals surface area (Å²) in [5.41, 5.74) is -0.632. The van der Waals surface area contributed by atoms with Gasteiger partial charge in [0.25, 0.3) is 0 Å². The van der Waals surface area contributed by atoms with E-state index < -0.39 is 15.6 Å². The van der Waals surface area contributed by atoms with Crippen molar-refractivity contribution in [1.82, 2.24) is 20.3 Å². The number of hydrogen-bond acceptors (Lipinski definition) is 5. The van der Waals surface area contributed by atoms with Gasteiger partial charge in [0.15, 0.2) is 5.96 Å². The Bertz CT molecular complexity index is 466. The number of aliphatic imine (C=N–C) groups is 1. The summed E-state index contributed by atoms with van der Waals surface area (Å²) in [4.78, 5) is 6.70. The first-order valence-corrected chi connectivity index (χ1v) is 10.2. The van der Waals surface area contributed by atoms with Crippen LogP contribution in [-0.2, 0) is 14.8 Å². The molecule has 0 radical (unpaired) electrons. The third-order valence-electron chi connectivity index (χ3n) is 3.11. The van der Waals surface area contributed by atoms with Crippen LogP contribution in [0.4, 0.5) is 0 Å². The van der Waals surface area contributed by atoms with Gasteiger partial charge in [0.05, 0.1) is 12.8 Å². The molecular weight excluding hydrogens is 330 g/mol. The Hall–Kier alpha value is -0.900. The maximum Gasteiger partial charge on any atom is 0.209 e. The lowest BCUT2D eigenvalue weighted by molar-refractivity contribution is 0.180. The molecule has 0 aliphatic rings. The van der Waals surface area contributed by atoms with Gasteiger partial charge in [-0.25, -0.2) is 13.1 Å². The summed E-state index contributed by atoms with van der Waals surface area (Å²) in [5.74, 6) is 0.686. The molecule has 0 unspecified atom stereocenters. The fourth-order valence-electron chi connectivity index (χ4n) is 2.11. The van der Waals surface area contributed by atoms with Crippen LogP contribution < -0.4 is 15.4 Å². The molecule has 0 aliphatic carbocycles. The standard InChI is InChI=1S/C15H35N5O3S/c1-7-16-14(17-9-11-20(4)10-8-12-23-5)18-13-15(2,3)19-24(6,21)22/h19H,7-13H2,1-6H3,(H2,16,17,18). The number of rotatable bonds is 12. The molecule has 0 heterocycles. The van der Waals surface area contributed by atoms with E-state index in [1.807, 2.05) is 20.8 Å². The first kappa shape index (κ1) is 23.1. The number of ether oxygens (including phenoxy) is 1. The van der Waals surface area contributed by atoms with Gasteiger partial charge in [-0.15, -0.1) is 0 Å². The summed E-state index contributed by atoms with van der Waals surface area (Å²) in [6.07, 6.45) is 2.16. The highest BCUT2D eigenvalue weighted by atomic mass is 32.2. The van der Waals surface area contributed by atoms with Crippen molar-refractivity contribution in [3.8, 4) is 0 Å². The Kier molecular flexibility index (Phi) is 11.2. The van der Waals surface area contributed by atoms with Gasteiger partial charge < -0.3 is 20.3 Å². The van der Waals surface area contributed by atoms with E-state index in [1.54, 1.807) is 7.11 Å². The van der Waals surface area contributed by atoms with Crippen LogP contribution in [0, 0.1) is 0 Å². The van der Waals surface area contributed by atoms with Gasteiger partial charge in [0.2, 0.25) is 10.0 Å². The van der Waals surface area contributed by atoms with E-state index in [0.29, 0.717) is 12.5 Å². The minimum Gasteiger partial charge on any atom is -0.385 e. The van der Waals surface area contributed by atoms with E-state index in [9.17, 15) is 8.42 Å². The van der Waals surface area contributed by atoms with E-state index >= 15 is 0 Å². The van der Waals surface area contributed by atoms with Crippen molar-refractivity contribution in [2.24, 2.45) is 4.99 Å². The van der Waals surface area contributed by atoms with Crippen molar-refractivity contribution < 1.29 is 13.2 Å². The number of sulfonamides is 1. The highest BCUT2D eigenvalue weighted by Gasteiger charge is 2.21. The molecular formula is C15H35N5O3S. The highest BCUT2D eigenvalue weighted by molar-refractivity contribution is 7.88. The molecule has 0 fully saturated rings. The summed E-state index contributed by atoms with van der Waals surface area (Å²) in [6.45, 7) is 10.1. The Morgan fingerprint density at radius 2 is 1.92 bits per heavy atom. The Labute approximate surface area is 147 Å². The molecule has 144 valence electrons. The highest BCUT2D eigenvalue weighted by Crippen LogP contribution is 2.04. The van der Waals surface area contributed by atoms with Gasteiger partial charge in [-0.2, -0.15) is 0 Å². The summed E-state index contributed by atoms with van der Waals surface area (Å²) >= 11 is 0. The zero-order valence-corrected chi connectivity index (χ0v) is 16.8. The second kappa shape index (κ2) is 11.6. The molecule has 0 aromatic carbocycles. The topological polar surface area (TPSA) is 95.1 Å². The first-order valence-electron chi connectivity index (χ1n) is 8.28. The lowest BCUT2D eigenvalue weighted by atomic mass is 10.1. The molecule has 0 aliphatic heterocycles. The van der Waals surface area contributed by atoms with Crippen molar-refractivity contribution in [1.29, 1.82) is 0 Å². The molecule has 8 nitrogen and oxygen atoms in total. The van der Waals surface area contributed by atoms with Crippen LogP contribution in [0.15, 0.2) is 4.99 Å². The average molecular weight is 366 g/mol. The van der Waals surface area contributed by atoms with Crippen molar-refractivity contribution in [3.05, 3.63) is 0 Å². The maximum atomic E-state index is 11.4. The van der Waals surface area contributed by atoms with E-state index in [2.05, 4.69) is 32.3 Å². The monoisotopic (exact) mass is 365 g/mol. The van der Waals surface area contributed by atoms with Crippen molar-refractivity contribution in [2.45, 2.75) is 32.7 Å².